The molecule has 1 heterocycles. The predicted octanol–water partition coefficient (Wildman–Crippen LogP) is 4.04. The number of rotatable bonds is 4. The van der Waals surface area contributed by atoms with Gasteiger partial charge in [0.1, 0.15) is 0 Å². The van der Waals surface area contributed by atoms with Crippen molar-refractivity contribution in [2.75, 3.05) is 5.32 Å². The Bertz CT molecular complexity index is 649. The van der Waals surface area contributed by atoms with Gasteiger partial charge in [-0.25, -0.2) is 4.98 Å². The number of amides is 1. The molecule has 1 saturated carbocycles. The summed E-state index contributed by atoms with van der Waals surface area (Å²) in [5, 5.41) is 4.36. The quantitative estimate of drug-likeness (QED) is 0.926. The number of nitrogens with one attached hydrogen (secondary N) is 1. The van der Waals surface area contributed by atoms with Crippen LogP contribution in [0.2, 0.25) is 5.02 Å². The molecule has 0 atom stereocenters. The Morgan fingerprint density at radius 3 is 2.90 bits per heavy atom. The van der Waals surface area contributed by atoms with Gasteiger partial charge in [-0.2, -0.15) is 0 Å². The van der Waals surface area contributed by atoms with Gasteiger partial charge in [0.15, 0.2) is 5.13 Å². The van der Waals surface area contributed by atoms with Crippen molar-refractivity contribution >= 4 is 34.0 Å². The summed E-state index contributed by atoms with van der Waals surface area (Å²) in [6, 6.07) is 7.81. The topological polar surface area (TPSA) is 42.0 Å². The molecule has 1 fully saturated rings. The lowest BCUT2D eigenvalue weighted by molar-refractivity contribution is -0.117. The Morgan fingerprint density at radius 1 is 1.45 bits per heavy atom. The van der Waals surface area contributed by atoms with Gasteiger partial charge in [-0.15, -0.1) is 11.3 Å². The lowest BCUT2D eigenvalue weighted by Gasteiger charge is -2.02. The lowest BCUT2D eigenvalue weighted by Crippen LogP contribution is -2.12. The van der Waals surface area contributed by atoms with E-state index < -0.39 is 0 Å². The van der Waals surface area contributed by atoms with Gasteiger partial charge < -0.3 is 5.32 Å². The zero-order valence-corrected chi connectivity index (χ0v) is 12.7. The molecule has 1 aliphatic carbocycles. The Labute approximate surface area is 127 Å². The summed E-state index contributed by atoms with van der Waals surface area (Å²) < 4.78 is 0. The van der Waals surface area contributed by atoms with Gasteiger partial charge in [-0.1, -0.05) is 29.8 Å². The Morgan fingerprint density at radius 2 is 2.20 bits per heavy atom. The van der Waals surface area contributed by atoms with E-state index in [1.807, 2.05) is 31.2 Å². The molecule has 0 saturated heterocycles. The van der Waals surface area contributed by atoms with E-state index >= 15 is 0 Å². The summed E-state index contributed by atoms with van der Waals surface area (Å²) in [4.78, 5) is 17.3. The van der Waals surface area contributed by atoms with E-state index in [0.29, 0.717) is 5.13 Å². The van der Waals surface area contributed by atoms with Crippen LogP contribution in [0.15, 0.2) is 24.3 Å². The molecule has 0 unspecified atom stereocenters. The molecule has 0 aliphatic heterocycles. The number of halogens is 1. The molecule has 20 heavy (non-hydrogen) atoms. The zero-order valence-electron chi connectivity index (χ0n) is 11.1. The highest BCUT2D eigenvalue weighted by atomic mass is 35.5. The van der Waals surface area contributed by atoms with Crippen molar-refractivity contribution in [1.82, 2.24) is 4.98 Å². The number of benzene rings is 1. The number of carbonyl (C=O) groups is 1. The molecular formula is C15H15ClN2OS. The van der Waals surface area contributed by atoms with Gasteiger partial charge in [0.25, 0.3) is 0 Å². The number of aromatic nitrogens is 1. The van der Waals surface area contributed by atoms with Gasteiger partial charge >= 0.3 is 0 Å². The molecule has 3 nitrogen and oxygen atoms in total. The minimum Gasteiger partial charge on any atom is -0.302 e. The van der Waals surface area contributed by atoms with Crippen LogP contribution in [0.1, 0.15) is 29.0 Å². The van der Waals surface area contributed by atoms with Crippen LogP contribution in [0.25, 0.3) is 0 Å². The van der Waals surface area contributed by atoms with E-state index in [1.54, 1.807) is 0 Å². The van der Waals surface area contributed by atoms with Gasteiger partial charge in [0.05, 0.1) is 5.69 Å². The molecule has 0 bridgehead atoms. The number of carbonyl (C=O) groups excluding carboxylic acids is 1. The van der Waals surface area contributed by atoms with E-state index in [0.717, 1.165) is 40.4 Å². The highest BCUT2D eigenvalue weighted by Gasteiger charge is 2.30. The molecule has 1 amide bonds. The summed E-state index contributed by atoms with van der Waals surface area (Å²) in [5.41, 5.74) is 2.04. The first-order valence-corrected chi connectivity index (χ1v) is 7.83. The standard InChI is InChI=1S/C15H15ClN2OS/c1-9-13(8-11-4-2-3-5-12(11)16)20-15(17-9)18-14(19)10-6-7-10/h2-5,10H,6-8H2,1H3,(H,17,18,19). The maximum Gasteiger partial charge on any atom is 0.229 e. The van der Waals surface area contributed by atoms with Crippen LogP contribution in [-0.4, -0.2) is 10.9 Å². The average molecular weight is 307 g/mol. The molecule has 1 aliphatic rings. The fourth-order valence-corrected chi connectivity index (χ4v) is 3.20. The maximum absolute atomic E-state index is 11.7. The molecule has 0 spiro atoms. The van der Waals surface area contributed by atoms with E-state index in [1.165, 1.54) is 11.3 Å². The van der Waals surface area contributed by atoms with Crippen molar-refractivity contribution in [3.05, 3.63) is 45.4 Å². The van der Waals surface area contributed by atoms with Gasteiger partial charge in [0.2, 0.25) is 5.91 Å². The van der Waals surface area contributed by atoms with Gasteiger partial charge in [-0.05, 0) is 31.4 Å². The van der Waals surface area contributed by atoms with Crippen molar-refractivity contribution in [3.63, 3.8) is 0 Å². The van der Waals surface area contributed by atoms with Crippen LogP contribution in [-0.2, 0) is 11.2 Å². The van der Waals surface area contributed by atoms with Crippen LogP contribution < -0.4 is 5.32 Å². The summed E-state index contributed by atoms with van der Waals surface area (Å²) in [7, 11) is 0. The lowest BCUT2D eigenvalue weighted by atomic mass is 10.1. The van der Waals surface area contributed by atoms with E-state index in [2.05, 4.69) is 10.3 Å². The first-order chi connectivity index (χ1) is 9.63. The third-order valence-corrected chi connectivity index (χ3v) is 4.82. The number of aryl methyl sites for hydroxylation is 1. The second-order valence-electron chi connectivity index (χ2n) is 5.06. The molecule has 1 N–H and O–H groups in total. The van der Waals surface area contributed by atoms with Crippen molar-refractivity contribution in [1.29, 1.82) is 0 Å². The highest BCUT2D eigenvalue weighted by Crippen LogP contribution is 2.32. The second-order valence-corrected chi connectivity index (χ2v) is 6.55. The summed E-state index contributed by atoms with van der Waals surface area (Å²) in [6.45, 7) is 1.97. The monoisotopic (exact) mass is 306 g/mol. The fourth-order valence-electron chi connectivity index (χ4n) is 2.01. The smallest absolute Gasteiger partial charge is 0.229 e. The fraction of sp³-hybridized carbons (Fsp3) is 0.333. The van der Waals surface area contributed by atoms with Gasteiger partial charge in [0, 0.05) is 22.2 Å². The second kappa shape index (κ2) is 5.54. The summed E-state index contributed by atoms with van der Waals surface area (Å²) in [6.07, 6.45) is 2.76. The third kappa shape index (κ3) is 3.02. The first-order valence-electron chi connectivity index (χ1n) is 6.64. The minimum absolute atomic E-state index is 0.100. The van der Waals surface area contributed by atoms with Crippen molar-refractivity contribution in [2.45, 2.75) is 26.2 Å². The number of thiazole rings is 1. The molecule has 104 valence electrons. The number of anilines is 1. The van der Waals surface area contributed by atoms with Crippen molar-refractivity contribution in [3.8, 4) is 0 Å². The molecule has 1 aromatic heterocycles. The maximum atomic E-state index is 11.7. The Hall–Kier alpha value is -1.39. The van der Waals surface area contributed by atoms with E-state index in [4.69, 9.17) is 11.6 Å². The van der Waals surface area contributed by atoms with Crippen LogP contribution in [0.3, 0.4) is 0 Å². The summed E-state index contributed by atoms with van der Waals surface area (Å²) >= 11 is 7.72. The van der Waals surface area contributed by atoms with Crippen LogP contribution in [0.4, 0.5) is 5.13 Å². The zero-order chi connectivity index (χ0) is 14.1. The molecule has 5 heteroatoms. The molecule has 2 aromatic rings. The number of nitrogens with zero attached hydrogens (tertiary/aromatic N) is 1. The molecular weight excluding hydrogens is 292 g/mol. The third-order valence-electron chi connectivity index (χ3n) is 3.38. The Balaban J connectivity index is 1.75. The average Bonchev–Trinajstić information content (AvgIpc) is 3.20. The molecule has 0 radical (unpaired) electrons. The van der Waals surface area contributed by atoms with Crippen LogP contribution in [0, 0.1) is 12.8 Å². The number of hydrogen-bond donors (Lipinski definition) is 1. The summed E-state index contributed by atoms with van der Waals surface area (Å²) in [5.74, 6) is 0.300. The molecule has 1 aromatic carbocycles. The van der Waals surface area contributed by atoms with E-state index in [-0.39, 0.29) is 11.8 Å². The first kappa shape index (κ1) is 13.6. The normalized spacial score (nSPS) is 14.3. The molecule has 3 rings (SSSR count). The van der Waals surface area contributed by atoms with E-state index in [9.17, 15) is 4.79 Å². The largest absolute Gasteiger partial charge is 0.302 e. The van der Waals surface area contributed by atoms with Crippen molar-refractivity contribution in [2.24, 2.45) is 5.92 Å². The van der Waals surface area contributed by atoms with Gasteiger partial charge in [-0.3, -0.25) is 4.79 Å². The number of hydrogen-bond acceptors (Lipinski definition) is 3. The van der Waals surface area contributed by atoms with Crippen molar-refractivity contribution < 1.29 is 4.79 Å². The highest BCUT2D eigenvalue weighted by molar-refractivity contribution is 7.15. The Kier molecular flexibility index (Phi) is 3.76. The SMILES string of the molecule is Cc1nc(NC(=O)C2CC2)sc1Cc1ccccc1Cl. The minimum atomic E-state index is 0.100. The van der Waals surface area contributed by atoms with Crippen LogP contribution in [0.5, 0.6) is 0 Å². The predicted molar refractivity (Wildman–Crippen MR) is 82.5 cm³/mol. The van der Waals surface area contributed by atoms with Crippen LogP contribution >= 0.6 is 22.9 Å².